The van der Waals surface area contributed by atoms with Gasteiger partial charge in [0, 0.05) is 6.42 Å². The molecule has 0 aromatic carbocycles. The minimum atomic E-state index is -0.654. The van der Waals surface area contributed by atoms with E-state index < -0.39 is 5.97 Å². The molecule has 0 saturated carbocycles. The summed E-state index contributed by atoms with van der Waals surface area (Å²) in [4.78, 5) is 10.3. The maximum Gasteiger partial charge on any atom is 0.303 e. The first kappa shape index (κ1) is 18.5. The summed E-state index contributed by atoms with van der Waals surface area (Å²) in [6, 6.07) is 0. The standard InChI is InChI=1S/C17H34O2/c1-2-3-4-5-6-7-8-9-10-11-12-13-14-15-16-17(18)19/h2-16H2,1H3,(H,18,19)/i14+1,15+1,16+1,17+1. The van der Waals surface area contributed by atoms with E-state index in [0.717, 1.165) is 12.8 Å². The Kier molecular flexibility index (Phi) is 15.1. The van der Waals surface area contributed by atoms with Crippen molar-refractivity contribution < 1.29 is 9.90 Å². The van der Waals surface area contributed by atoms with Crippen molar-refractivity contribution in [1.29, 1.82) is 0 Å². The van der Waals surface area contributed by atoms with Gasteiger partial charge in [0.2, 0.25) is 0 Å². The topological polar surface area (TPSA) is 37.3 Å². The summed E-state index contributed by atoms with van der Waals surface area (Å²) in [6.45, 7) is 2.27. The van der Waals surface area contributed by atoms with Crippen LogP contribution in [0.25, 0.3) is 0 Å². The van der Waals surface area contributed by atoms with Crippen molar-refractivity contribution in [2.45, 2.75) is 103 Å². The molecule has 0 aromatic rings. The maximum absolute atomic E-state index is 10.3. The largest absolute Gasteiger partial charge is 0.481 e. The van der Waals surface area contributed by atoms with Crippen LogP contribution in [0.5, 0.6) is 0 Å². The minimum absolute atomic E-state index is 0.345. The minimum Gasteiger partial charge on any atom is -0.481 e. The lowest BCUT2D eigenvalue weighted by Gasteiger charge is -2.02. The molecule has 114 valence electrons. The van der Waals surface area contributed by atoms with Crippen LogP contribution in [0.15, 0.2) is 0 Å². The van der Waals surface area contributed by atoms with Crippen molar-refractivity contribution in [3.05, 3.63) is 0 Å². The summed E-state index contributed by atoms with van der Waals surface area (Å²) in [5.74, 6) is -0.654. The molecule has 0 heterocycles. The van der Waals surface area contributed by atoms with Gasteiger partial charge in [0.15, 0.2) is 0 Å². The molecular formula is C17H34O2. The molecular weight excluding hydrogens is 240 g/mol. The van der Waals surface area contributed by atoms with Crippen molar-refractivity contribution in [2.75, 3.05) is 0 Å². The third kappa shape index (κ3) is 17.5. The Morgan fingerprint density at radius 2 is 0.947 bits per heavy atom. The fourth-order valence-corrected chi connectivity index (χ4v) is 2.47. The molecule has 0 atom stereocenters. The number of carboxylic acid groups (broad SMARTS) is 1. The zero-order chi connectivity index (χ0) is 14.2. The van der Waals surface area contributed by atoms with Crippen molar-refractivity contribution in [3.63, 3.8) is 0 Å². The third-order valence-electron chi connectivity index (χ3n) is 3.74. The molecule has 0 aromatic heterocycles. The summed E-state index contributed by atoms with van der Waals surface area (Å²) >= 11 is 0. The second-order valence-electron chi connectivity index (χ2n) is 5.74. The Morgan fingerprint density at radius 1 is 0.632 bits per heavy atom. The quantitative estimate of drug-likeness (QED) is 0.296. The number of hydrogen-bond donors (Lipinski definition) is 1. The molecule has 0 bridgehead atoms. The fourth-order valence-electron chi connectivity index (χ4n) is 2.47. The second kappa shape index (κ2) is 15.5. The van der Waals surface area contributed by atoms with Crippen LogP contribution in [0, 0.1) is 0 Å². The number of carboxylic acids is 1. The van der Waals surface area contributed by atoms with Crippen molar-refractivity contribution in [1.82, 2.24) is 0 Å². The lowest BCUT2D eigenvalue weighted by molar-refractivity contribution is -0.137. The smallest absolute Gasteiger partial charge is 0.303 e. The molecule has 0 radical (unpaired) electrons. The van der Waals surface area contributed by atoms with Crippen molar-refractivity contribution in [2.24, 2.45) is 0 Å². The average molecular weight is 274 g/mol. The average Bonchev–Trinajstić information content (AvgIpc) is 2.39. The highest BCUT2D eigenvalue weighted by molar-refractivity contribution is 5.66. The SMILES string of the molecule is CCCCCCCCCCCCC[13CH2][13CH2][13CH2][13C](=O)O. The van der Waals surface area contributed by atoms with Crippen LogP contribution in [0.2, 0.25) is 0 Å². The highest BCUT2D eigenvalue weighted by Gasteiger charge is 1.96. The van der Waals surface area contributed by atoms with Gasteiger partial charge in [0.25, 0.3) is 0 Å². The van der Waals surface area contributed by atoms with Gasteiger partial charge in [-0.1, -0.05) is 90.4 Å². The van der Waals surface area contributed by atoms with E-state index in [1.807, 2.05) is 0 Å². The molecule has 0 aliphatic carbocycles. The second-order valence-corrected chi connectivity index (χ2v) is 5.74. The van der Waals surface area contributed by atoms with E-state index in [-0.39, 0.29) is 0 Å². The summed E-state index contributed by atoms with van der Waals surface area (Å²) in [5, 5.41) is 8.50. The van der Waals surface area contributed by atoms with Crippen LogP contribution in [0.4, 0.5) is 0 Å². The Balaban J connectivity index is 2.93. The third-order valence-corrected chi connectivity index (χ3v) is 3.74. The Labute approximate surface area is 120 Å². The van der Waals surface area contributed by atoms with Gasteiger partial charge >= 0.3 is 5.97 Å². The van der Waals surface area contributed by atoms with Crippen LogP contribution in [-0.2, 0) is 4.79 Å². The van der Waals surface area contributed by atoms with E-state index in [4.69, 9.17) is 5.11 Å². The monoisotopic (exact) mass is 274 g/mol. The van der Waals surface area contributed by atoms with Crippen LogP contribution in [0.1, 0.15) is 103 Å². The van der Waals surface area contributed by atoms with Gasteiger partial charge in [-0.3, -0.25) is 4.79 Å². The van der Waals surface area contributed by atoms with E-state index in [1.54, 1.807) is 0 Å². The first-order chi connectivity index (χ1) is 9.27. The first-order valence-corrected chi connectivity index (χ1v) is 8.49. The van der Waals surface area contributed by atoms with E-state index in [0.29, 0.717) is 6.42 Å². The van der Waals surface area contributed by atoms with Crippen LogP contribution >= 0.6 is 0 Å². The van der Waals surface area contributed by atoms with Gasteiger partial charge in [-0.25, -0.2) is 0 Å². The van der Waals surface area contributed by atoms with Gasteiger partial charge in [0.05, 0.1) is 0 Å². The van der Waals surface area contributed by atoms with Crippen LogP contribution in [-0.4, -0.2) is 11.1 Å². The predicted molar refractivity (Wildman–Crippen MR) is 82.6 cm³/mol. The van der Waals surface area contributed by atoms with Gasteiger partial charge in [-0.2, -0.15) is 0 Å². The summed E-state index contributed by atoms with van der Waals surface area (Å²) in [6.07, 6.45) is 18.7. The van der Waals surface area contributed by atoms with Crippen LogP contribution < -0.4 is 0 Å². The van der Waals surface area contributed by atoms with Gasteiger partial charge in [-0.05, 0) is 6.42 Å². The van der Waals surface area contributed by atoms with E-state index in [1.165, 1.54) is 77.0 Å². The van der Waals surface area contributed by atoms with Gasteiger partial charge in [0.1, 0.15) is 0 Å². The molecule has 2 heteroatoms. The molecule has 0 rings (SSSR count). The molecule has 0 aliphatic rings. The maximum atomic E-state index is 10.3. The van der Waals surface area contributed by atoms with E-state index in [2.05, 4.69) is 6.92 Å². The molecule has 0 saturated heterocycles. The van der Waals surface area contributed by atoms with Crippen molar-refractivity contribution in [3.8, 4) is 0 Å². The van der Waals surface area contributed by atoms with E-state index >= 15 is 0 Å². The Hall–Kier alpha value is -0.530. The van der Waals surface area contributed by atoms with Crippen molar-refractivity contribution >= 4 is 5.97 Å². The molecule has 0 amide bonds. The molecule has 0 unspecified atom stereocenters. The molecule has 19 heavy (non-hydrogen) atoms. The van der Waals surface area contributed by atoms with Gasteiger partial charge in [-0.15, -0.1) is 0 Å². The zero-order valence-electron chi connectivity index (χ0n) is 13.0. The zero-order valence-corrected chi connectivity index (χ0v) is 13.0. The normalized spacial score (nSPS) is 10.8. The number of hydrogen-bond acceptors (Lipinski definition) is 1. The van der Waals surface area contributed by atoms with Crippen LogP contribution in [0.3, 0.4) is 0 Å². The molecule has 1 N–H and O–H groups in total. The number of carbonyl (C=O) groups is 1. The molecule has 0 aliphatic heterocycles. The summed E-state index contributed by atoms with van der Waals surface area (Å²) < 4.78 is 0. The van der Waals surface area contributed by atoms with E-state index in [9.17, 15) is 4.79 Å². The lowest BCUT2D eigenvalue weighted by Crippen LogP contribution is -1.93. The summed E-state index contributed by atoms with van der Waals surface area (Å²) in [5.41, 5.74) is 0. The Morgan fingerprint density at radius 3 is 1.26 bits per heavy atom. The number of aliphatic carboxylic acids is 1. The fraction of sp³-hybridized carbons (Fsp3) is 0.941. The highest BCUT2D eigenvalue weighted by atomic mass is 16.5. The lowest BCUT2D eigenvalue weighted by atomic mass is 10.1. The summed E-state index contributed by atoms with van der Waals surface area (Å²) in [7, 11) is 0. The number of rotatable bonds is 15. The predicted octanol–water partition coefficient (Wildman–Crippen LogP) is 5.94. The first-order valence-electron chi connectivity index (χ1n) is 8.49. The molecule has 0 fully saturated rings. The Bertz CT molecular complexity index is 190. The molecule has 0 spiro atoms. The van der Waals surface area contributed by atoms with Gasteiger partial charge < -0.3 is 5.11 Å². The highest BCUT2D eigenvalue weighted by Crippen LogP contribution is 2.13. The number of unbranched alkanes of at least 4 members (excludes halogenated alkanes) is 13. The molecule has 2 nitrogen and oxygen atoms in total.